The van der Waals surface area contributed by atoms with Gasteiger partial charge in [-0.15, -0.1) is 0 Å². The maximum absolute atomic E-state index is 12.2. The Balaban J connectivity index is 1.98. The lowest BCUT2D eigenvalue weighted by molar-refractivity contribution is -0.129. The molecule has 0 spiro atoms. The summed E-state index contributed by atoms with van der Waals surface area (Å²) in [5.41, 5.74) is 3.41. The third kappa shape index (κ3) is 5.35. The number of anilines is 1. The van der Waals surface area contributed by atoms with Gasteiger partial charge >= 0.3 is 0 Å². The summed E-state index contributed by atoms with van der Waals surface area (Å²) in [5, 5.41) is 3.63. The maximum Gasteiger partial charge on any atom is 0.246 e. The molecule has 1 N–H and O–H groups in total. The van der Waals surface area contributed by atoms with E-state index in [1.165, 1.54) is 11.0 Å². The predicted octanol–water partition coefficient (Wildman–Crippen LogP) is 4.72. The highest BCUT2D eigenvalue weighted by atomic mass is 35.5. The van der Waals surface area contributed by atoms with Crippen molar-refractivity contribution in [2.45, 2.75) is 13.8 Å². The summed E-state index contributed by atoms with van der Waals surface area (Å²) in [7, 11) is 1.56. The van der Waals surface area contributed by atoms with Crippen molar-refractivity contribution in [1.82, 2.24) is 4.90 Å². The fourth-order valence-corrected chi connectivity index (χ4v) is 2.66. The van der Waals surface area contributed by atoms with Gasteiger partial charge in [0.2, 0.25) is 11.8 Å². The summed E-state index contributed by atoms with van der Waals surface area (Å²) in [6.07, 6.45) is 2.94. The molecule has 2 rings (SSSR count). The van der Waals surface area contributed by atoms with Gasteiger partial charge in [0.25, 0.3) is 0 Å². The van der Waals surface area contributed by atoms with E-state index in [-0.39, 0.29) is 18.4 Å². The number of amides is 2. The molecule has 2 aromatic carbocycles. The van der Waals surface area contributed by atoms with E-state index in [0.717, 1.165) is 16.8 Å². The number of hydrogen-bond donors (Lipinski definition) is 1. The van der Waals surface area contributed by atoms with Crippen LogP contribution in [0.5, 0.6) is 0 Å². The molecule has 0 heterocycles. The molecular weight excluding hydrogens is 371 g/mol. The first-order valence-corrected chi connectivity index (χ1v) is 8.78. The SMILES string of the molecule is Cc1ccc(C)c(NC(=O)CN(C)C(=O)/C=C/c2cccc(Cl)c2Cl)c1. The summed E-state index contributed by atoms with van der Waals surface area (Å²) in [6, 6.07) is 11.0. The summed E-state index contributed by atoms with van der Waals surface area (Å²) in [4.78, 5) is 25.7. The van der Waals surface area contributed by atoms with Crippen LogP contribution in [0, 0.1) is 13.8 Å². The second-order valence-electron chi connectivity index (χ2n) is 6.04. The van der Waals surface area contributed by atoms with Gasteiger partial charge in [0, 0.05) is 18.8 Å². The number of benzene rings is 2. The van der Waals surface area contributed by atoms with Crippen molar-refractivity contribution < 1.29 is 9.59 Å². The van der Waals surface area contributed by atoms with Crippen LogP contribution in [0.15, 0.2) is 42.5 Å². The minimum atomic E-state index is -0.308. The van der Waals surface area contributed by atoms with Gasteiger partial charge in [0.05, 0.1) is 16.6 Å². The molecule has 0 aliphatic heterocycles. The molecule has 0 aliphatic rings. The number of aryl methyl sites for hydroxylation is 2. The Hall–Kier alpha value is -2.30. The van der Waals surface area contributed by atoms with Crippen LogP contribution in [0.2, 0.25) is 10.0 Å². The van der Waals surface area contributed by atoms with E-state index in [0.29, 0.717) is 15.6 Å². The minimum absolute atomic E-state index is 0.0557. The third-order valence-corrected chi connectivity index (χ3v) is 4.64. The molecule has 0 aliphatic carbocycles. The molecule has 0 bridgehead atoms. The molecule has 4 nitrogen and oxygen atoms in total. The first-order chi connectivity index (χ1) is 12.3. The molecule has 0 atom stereocenters. The van der Waals surface area contributed by atoms with E-state index >= 15 is 0 Å². The molecule has 0 saturated heterocycles. The Kier molecular flexibility index (Phi) is 6.83. The third-order valence-electron chi connectivity index (χ3n) is 3.81. The second kappa shape index (κ2) is 8.88. The minimum Gasteiger partial charge on any atom is -0.333 e. The molecule has 26 heavy (non-hydrogen) atoms. The smallest absolute Gasteiger partial charge is 0.246 e. The zero-order chi connectivity index (χ0) is 19.3. The molecular formula is C20H20Cl2N2O2. The van der Waals surface area contributed by atoms with Crippen molar-refractivity contribution in [2.75, 3.05) is 18.9 Å². The Bertz CT molecular complexity index is 863. The molecule has 6 heteroatoms. The number of hydrogen-bond acceptors (Lipinski definition) is 2. The van der Waals surface area contributed by atoms with Gasteiger partial charge in [-0.3, -0.25) is 9.59 Å². The fraction of sp³-hybridized carbons (Fsp3) is 0.200. The van der Waals surface area contributed by atoms with Crippen LogP contribution < -0.4 is 5.32 Å². The van der Waals surface area contributed by atoms with Crippen LogP contribution in [-0.2, 0) is 9.59 Å². The van der Waals surface area contributed by atoms with E-state index in [1.54, 1.807) is 31.3 Å². The Labute approximate surface area is 163 Å². The van der Waals surface area contributed by atoms with E-state index in [1.807, 2.05) is 32.0 Å². The number of carbonyl (C=O) groups excluding carboxylic acids is 2. The highest BCUT2D eigenvalue weighted by Crippen LogP contribution is 2.26. The van der Waals surface area contributed by atoms with Crippen LogP contribution in [0.3, 0.4) is 0 Å². The number of halogens is 2. The first-order valence-electron chi connectivity index (χ1n) is 8.02. The molecule has 0 fully saturated rings. The van der Waals surface area contributed by atoms with Crippen LogP contribution in [-0.4, -0.2) is 30.3 Å². The van der Waals surface area contributed by atoms with Gasteiger partial charge in [-0.05, 0) is 48.7 Å². The molecule has 2 aromatic rings. The van der Waals surface area contributed by atoms with Gasteiger partial charge in [-0.25, -0.2) is 0 Å². The standard InChI is InChI=1S/C20H20Cl2N2O2/c1-13-7-8-14(2)17(11-13)23-18(25)12-24(3)19(26)10-9-15-5-4-6-16(21)20(15)22/h4-11H,12H2,1-3H3,(H,23,25)/b10-9+. The summed E-state index contributed by atoms with van der Waals surface area (Å²) < 4.78 is 0. The van der Waals surface area contributed by atoms with Crippen LogP contribution in [0.1, 0.15) is 16.7 Å². The van der Waals surface area contributed by atoms with Crippen LogP contribution in [0.25, 0.3) is 6.08 Å². The Morgan fingerprint density at radius 3 is 2.62 bits per heavy atom. The molecule has 0 saturated carbocycles. The molecule has 0 aromatic heterocycles. The molecule has 136 valence electrons. The van der Waals surface area contributed by atoms with Gasteiger partial charge in [0.15, 0.2) is 0 Å². The number of rotatable bonds is 5. The second-order valence-corrected chi connectivity index (χ2v) is 6.82. The first kappa shape index (κ1) is 20.0. The van der Waals surface area contributed by atoms with Gasteiger partial charge < -0.3 is 10.2 Å². The quantitative estimate of drug-likeness (QED) is 0.750. The van der Waals surface area contributed by atoms with Crippen molar-refractivity contribution in [3.63, 3.8) is 0 Å². The largest absolute Gasteiger partial charge is 0.333 e. The van der Waals surface area contributed by atoms with Gasteiger partial charge in [-0.2, -0.15) is 0 Å². The number of nitrogens with zero attached hydrogens (tertiary/aromatic N) is 1. The van der Waals surface area contributed by atoms with E-state index in [2.05, 4.69) is 5.32 Å². The van der Waals surface area contributed by atoms with Crippen molar-refractivity contribution >= 4 is 46.8 Å². The molecule has 0 unspecified atom stereocenters. The molecule has 2 amide bonds. The van der Waals surface area contributed by atoms with Crippen molar-refractivity contribution in [2.24, 2.45) is 0 Å². The lowest BCUT2D eigenvalue weighted by Gasteiger charge is -2.16. The average molecular weight is 391 g/mol. The Morgan fingerprint density at radius 2 is 1.88 bits per heavy atom. The topological polar surface area (TPSA) is 49.4 Å². The summed E-state index contributed by atoms with van der Waals surface area (Å²) in [6.45, 7) is 3.82. The maximum atomic E-state index is 12.2. The highest BCUT2D eigenvalue weighted by molar-refractivity contribution is 6.42. The van der Waals surface area contributed by atoms with E-state index in [9.17, 15) is 9.59 Å². The van der Waals surface area contributed by atoms with Crippen LogP contribution in [0.4, 0.5) is 5.69 Å². The zero-order valence-corrected chi connectivity index (χ0v) is 16.4. The average Bonchev–Trinajstić information content (AvgIpc) is 2.59. The van der Waals surface area contributed by atoms with Gasteiger partial charge in [-0.1, -0.05) is 47.5 Å². The monoisotopic (exact) mass is 390 g/mol. The lowest BCUT2D eigenvalue weighted by atomic mass is 10.1. The Morgan fingerprint density at radius 1 is 1.15 bits per heavy atom. The number of likely N-dealkylation sites (N-methyl/N-ethyl adjacent to an activating group) is 1. The van der Waals surface area contributed by atoms with Crippen LogP contribution >= 0.6 is 23.2 Å². The van der Waals surface area contributed by atoms with E-state index in [4.69, 9.17) is 23.2 Å². The fourth-order valence-electron chi connectivity index (χ4n) is 2.29. The molecule has 0 radical (unpaired) electrons. The number of carbonyl (C=O) groups is 2. The zero-order valence-electron chi connectivity index (χ0n) is 14.8. The van der Waals surface area contributed by atoms with Crippen molar-refractivity contribution in [3.8, 4) is 0 Å². The number of nitrogens with one attached hydrogen (secondary N) is 1. The predicted molar refractivity (Wildman–Crippen MR) is 108 cm³/mol. The van der Waals surface area contributed by atoms with E-state index < -0.39 is 0 Å². The van der Waals surface area contributed by atoms with Crippen molar-refractivity contribution in [3.05, 3.63) is 69.2 Å². The lowest BCUT2D eigenvalue weighted by Crippen LogP contribution is -2.34. The normalized spacial score (nSPS) is 10.8. The van der Waals surface area contributed by atoms with Crippen molar-refractivity contribution in [1.29, 1.82) is 0 Å². The summed E-state index contributed by atoms with van der Waals surface area (Å²) in [5.74, 6) is -0.569. The highest BCUT2D eigenvalue weighted by Gasteiger charge is 2.12. The summed E-state index contributed by atoms with van der Waals surface area (Å²) >= 11 is 12.0. The van der Waals surface area contributed by atoms with Gasteiger partial charge in [0.1, 0.15) is 0 Å².